The average Bonchev–Trinajstić information content (AvgIpc) is 2.01. The van der Waals surface area contributed by atoms with E-state index in [-0.39, 0.29) is 11.5 Å². The summed E-state index contributed by atoms with van der Waals surface area (Å²) in [4.78, 5) is 10.9. The maximum absolute atomic E-state index is 10.9. The Kier molecular flexibility index (Phi) is 3.13. The Bertz CT molecular complexity index is 452. The second-order valence-electron chi connectivity index (χ2n) is 2.56. The molecule has 0 aromatic heterocycles. The number of Topliss-reactive ketones (excluding diaryl/α,β-unsaturated/α-hetero) is 1. The molecule has 0 heterocycles. The van der Waals surface area contributed by atoms with Crippen molar-refractivity contribution in [2.45, 2.75) is 6.92 Å². The SMILES string of the molecule is CC(=O)c1cccc(OS(=O)(=O)Cl)c1. The summed E-state index contributed by atoms with van der Waals surface area (Å²) >= 11 is 0. The third-order valence-corrected chi connectivity index (χ3v) is 2.02. The number of hydrogen-bond donors (Lipinski definition) is 0. The first kappa shape index (κ1) is 11.0. The molecular formula is C8H7ClO4S. The van der Waals surface area contributed by atoms with Gasteiger partial charge in [0.25, 0.3) is 0 Å². The molecule has 0 aliphatic heterocycles. The molecule has 0 saturated carbocycles. The molecular weight excluding hydrogens is 228 g/mol. The second kappa shape index (κ2) is 3.98. The molecule has 6 heteroatoms. The molecule has 0 fully saturated rings. The van der Waals surface area contributed by atoms with Crippen LogP contribution in [0.4, 0.5) is 0 Å². The van der Waals surface area contributed by atoms with Crippen molar-refractivity contribution in [3.63, 3.8) is 0 Å². The lowest BCUT2D eigenvalue weighted by atomic mass is 10.1. The molecule has 1 aromatic rings. The molecule has 76 valence electrons. The highest BCUT2D eigenvalue weighted by Gasteiger charge is 2.08. The molecule has 14 heavy (non-hydrogen) atoms. The second-order valence-corrected chi connectivity index (χ2v) is 4.65. The first-order chi connectivity index (χ1) is 6.38. The van der Waals surface area contributed by atoms with Crippen LogP contribution in [0.1, 0.15) is 17.3 Å². The van der Waals surface area contributed by atoms with Gasteiger partial charge in [0.05, 0.1) is 10.7 Å². The van der Waals surface area contributed by atoms with Crippen LogP contribution in [0.5, 0.6) is 5.75 Å². The summed E-state index contributed by atoms with van der Waals surface area (Å²) in [6.07, 6.45) is 0. The summed E-state index contributed by atoms with van der Waals surface area (Å²) < 4.78 is 25.5. The molecule has 0 bridgehead atoms. The first-order valence-corrected chi connectivity index (χ1v) is 5.87. The minimum Gasteiger partial charge on any atom is -0.371 e. The zero-order valence-electron chi connectivity index (χ0n) is 7.23. The van der Waals surface area contributed by atoms with Crippen molar-refractivity contribution in [2.24, 2.45) is 0 Å². The summed E-state index contributed by atoms with van der Waals surface area (Å²) in [7, 11) is 0.806. The molecule has 0 radical (unpaired) electrons. The van der Waals surface area contributed by atoms with Gasteiger partial charge in [-0.1, -0.05) is 12.1 Å². The van der Waals surface area contributed by atoms with E-state index < -0.39 is 9.33 Å². The number of carbonyl (C=O) groups excluding carboxylic acids is 1. The summed E-state index contributed by atoms with van der Waals surface area (Å²) in [5.41, 5.74) is 0.364. The standard InChI is InChI=1S/C8H7ClO4S/c1-6(10)7-3-2-4-8(5-7)13-14(9,11)12/h2-5H,1H3. The quantitative estimate of drug-likeness (QED) is 0.591. The van der Waals surface area contributed by atoms with Crippen molar-refractivity contribution in [3.8, 4) is 5.75 Å². The largest absolute Gasteiger partial charge is 0.401 e. The fourth-order valence-corrected chi connectivity index (χ4v) is 1.43. The van der Waals surface area contributed by atoms with E-state index in [1.165, 1.54) is 25.1 Å². The molecule has 0 aliphatic carbocycles. The number of hydrogen-bond acceptors (Lipinski definition) is 4. The van der Waals surface area contributed by atoms with Crippen LogP contribution in [0.2, 0.25) is 0 Å². The number of benzene rings is 1. The zero-order chi connectivity index (χ0) is 10.8. The topological polar surface area (TPSA) is 60.4 Å². The van der Waals surface area contributed by atoms with Crippen molar-refractivity contribution in [1.29, 1.82) is 0 Å². The fourth-order valence-electron chi connectivity index (χ4n) is 0.882. The van der Waals surface area contributed by atoms with Gasteiger partial charge < -0.3 is 4.18 Å². The number of halogens is 1. The van der Waals surface area contributed by atoms with Crippen molar-refractivity contribution in [3.05, 3.63) is 29.8 Å². The van der Waals surface area contributed by atoms with E-state index in [2.05, 4.69) is 4.18 Å². The lowest BCUT2D eigenvalue weighted by Gasteiger charge is -2.01. The Morgan fingerprint density at radius 1 is 1.43 bits per heavy atom. The third-order valence-electron chi connectivity index (χ3n) is 1.44. The number of carbonyl (C=O) groups is 1. The third kappa shape index (κ3) is 3.35. The first-order valence-electron chi connectivity index (χ1n) is 3.63. The van der Waals surface area contributed by atoms with Gasteiger partial charge in [-0.25, -0.2) is 0 Å². The van der Waals surface area contributed by atoms with Gasteiger partial charge in [-0.15, -0.1) is 0 Å². The van der Waals surface area contributed by atoms with E-state index in [1.807, 2.05) is 0 Å². The Morgan fingerprint density at radius 3 is 2.57 bits per heavy atom. The van der Waals surface area contributed by atoms with Crippen LogP contribution >= 0.6 is 10.7 Å². The van der Waals surface area contributed by atoms with Crippen LogP contribution in [0, 0.1) is 0 Å². The molecule has 0 atom stereocenters. The normalized spacial score (nSPS) is 11.0. The number of rotatable bonds is 3. The summed E-state index contributed by atoms with van der Waals surface area (Å²) in [5, 5.41) is 0. The molecule has 0 N–H and O–H groups in total. The maximum atomic E-state index is 10.9. The van der Waals surface area contributed by atoms with E-state index in [1.54, 1.807) is 6.07 Å². The van der Waals surface area contributed by atoms with E-state index in [0.717, 1.165) is 0 Å². The molecule has 0 amide bonds. The highest BCUT2D eigenvalue weighted by atomic mass is 35.7. The van der Waals surface area contributed by atoms with E-state index in [0.29, 0.717) is 5.56 Å². The minimum atomic E-state index is -4.06. The Hall–Kier alpha value is -1.07. The Balaban J connectivity index is 3.01. The van der Waals surface area contributed by atoms with Crippen molar-refractivity contribution >= 4 is 25.8 Å². The van der Waals surface area contributed by atoms with Crippen molar-refractivity contribution < 1.29 is 17.4 Å². The fraction of sp³-hybridized carbons (Fsp3) is 0.125. The van der Waals surface area contributed by atoms with Crippen LogP contribution < -0.4 is 4.18 Å². The molecule has 4 nitrogen and oxygen atoms in total. The zero-order valence-corrected chi connectivity index (χ0v) is 8.80. The van der Waals surface area contributed by atoms with Gasteiger partial charge >= 0.3 is 9.33 Å². The van der Waals surface area contributed by atoms with Crippen molar-refractivity contribution in [2.75, 3.05) is 0 Å². The van der Waals surface area contributed by atoms with E-state index in [4.69, 9.17) is 10.7 Å². The van der Waals surface area contributed by atoms with Gasteiger partial charge in [-0.3, -0.25) is 4.79 Å². The Morgan fingerprint density at radius 2 is 2.07 bits per heavy atom. The van der Waals surface area contributed by atoms with Crippen molar-refractivity contribution in [1.82, 2.24) is 0 Å². The van der Waals surface area contributed by atoms with Gasteiger partial charge in [0.2, 0.25) is 0 Å². The van der Waals surface area contributed by atoms with Crippen LogP contribution in [0.3, 0.4) is 0 Å². The molecule has 1 rings (SSSR count). The van der Waals surface area contributed by atoms with Gasteiger partial charge in [0.15, 0.2) is 5.78 Å². The number of ketones is 1. The predicted octanol–water partition coefficient (Wildman–Crippen LogP) is 1.75. The summed E-state index contributed by atoms with van der Waals surface area (Å²) in [6, 6.07) is 5.76. The Labute approximate surface area is 86.1 Å². The van der Waals surface area contributed by atoms with Crippen LogP contribution in [-0.2, 0) is 9.33 Å². The highest BCUT2D eigenvalue weighted by Crippen LogP contribution is 2.16. The average molecular weight is 235 g/mol. The van der Waals surface area contributed by atoms with Gasteiger partial charge in [0.1, 0.15) is 5.75 Å². The van der Waals surface area contributed by atoms with E-state index >= 15 is 0 Å². The maximum Gasteiger partial charge on any atom is 0.401 e. The highest BCUT2D eigenvalue weighted by molar-refractivity contribution is 8.10. The van der Waals surface area contributed by atoms with Gasteiger partial charge in [-0.2, -0.15) is 8.42 Å². The predicted molar refractivity (Wildman–Crippen MR) is 51.8 cm³/mol. The lowest BCUT2D eigenvalue weighted by molar-refractivity contribution is 0.101. The molecule has 1 aromatic carbocycles. The van der Waals surface area contributed by atoms with Crippen LogP contribution in [-0.4, -0.2) is 14.2 Å². The smallest absolute Gasteiger partial charge is 0.371 e. The molecule has 0 saturated heterocycles. The van der Waals surface area contributed by atoms with Crippen LogP contribution in [0.15, 0.2) is 24.3 Å². The van der Waals surface area contributed by atoms with Crippen LogP contribution in [0.25, 0.3) is 0 Å². The lowest BCUT2D eigenvalue weighted by Crippen LogP contribution is -2.01. The van der Waals surface area contributed by atoms with Gasteiger partial charge in [0, 0.05) is 5.56 Å². The molecule has 0 spiro atoms. The minimum absolute atomic E-state index is 0.0210. The van der Waals surface area contributed by atoms with Gasteiger partial charge in [-0.05, 0) is 19.1 Å². The molecule has 0 unspecified atom stereocenters. The monoisotopic (exact) mass is 234 g/mol. The van der Waals surface area contributed by atoms with E-state index in [9.17, 15) is 13.2 Å². The summed E-state index contributed by atoms with van der Waals surface area (Å²) in [6.45, 7) is 1.37. The summed E-state index contributed by atoms with van der Waals surface area (Å²) in [5.74, 6) is -0.157. The molecule has 0 aliphatic rings.